The lowest BCUT2D eigenvalue weighted by Crippen LogP contribution is -2.23. The van der Waals surface area contributed by atoms with Crippen molar-refractivity contribution in [2.24, 2.45) is 0 Å². The van der Waals surface area contributed by atoms with Crippen LogP contribution in [-0.2, 0) is 9.84 Å². The normalized spacial score (nSPS) is 12.0. The van der Waals surface area contributed by atoms with E-state index < -0.39 is 32.8 Å². The third-order valence-electron chi connectivity index (χ3n) is 4.65. The number of fused-ring (bicyclic) bond motifs is 1. The molecule has 0 amide bonds. The molecule has 0 aliphatic rings. The van der Waals surface area contributed by atoms with Crippen molar-refractivity contribution in [3.05, 3.63) is 65.2 Å². The number of nitrogens with zero attached hydrogens (tertiary/aromatic N) is 4. The van der Waals surface area contributed by atoms with Crippen LogP contribution >= 0.6 is 0 Å². The van der Waals surface area contributed by atoms with Gasteiger partial charge in [-0.2, -0.15) is 4.98 Å². The number of aromatic nitrogens is 4. The van der Waals surface area contributed by atoms with Gasteiger partial charge in [0.1, 0.15) is 5.75 Å². The smallest absolute Gasteiger partial charge is 0.497 e. The Kier molecular flexibility index (Phi) is 5.73. The standard InChI is InChI=1S/C21H15F3N4O5S/c1-32-15-6-3-12(4-7-15)16-9-13-10-26-20(34(2,30)31)27-18(13)28(19(16)29)14-5-8-17(25-11-14)33-21(22,23)24/h3-11H,1-2H3. The molecule has 4 rings (SSSR count). The molecule has 0 atom stereocenters. The van der Waals surface area contributed by atoms with E-state index in [2.05, 4.69) is 19.7 Å². The van der Waals surface area contributed by atoms with E-state index in [1.54, 1.807) is 24.3 Å². The molecule has 0 aliphatic heterocycles. The molecule has 0 bridgehead atoms. The van der Waals surface area contributed by atoms with Crippen LogP contribution < -0.4 is 15.0 Å². The summed E-state index contributed by atoms with van der Waals surface area (Å²) in [5, 5.41) is -0.205. The number of sulfone groups is 1. The van der Waals surface area contributed by atoms with Crippen LogP contribution in [0.25, 0.3) is 27.8 Å². The number of rotatable bonds is 5. The Bertz CT molecular complexity index is 1530. The summed E-state index contributed by atoms with van der Waals surface area (Å²) in [5.74, 6) is -0.165. The lowest BCUT2D eigenvalue weighted by atomic mass is 10.1. The fourth-order valence-electron chi connectivity index (χ4n) is 3.16. The molecule has 0 radical (unpaired) electrons. The van der Waals surface area contributed by atoms with Crippen molar-refractivity contribution in [2.45, 2.75) is 11.5 Å². The molecule has 0 N–H and O–H groups in total. The molecule has 3 heterocycles. The first-order chi connectivity index (χ1) is 16.0. The van der Waals surface area contributed by atoms with Crippen LogP contribution in [0.4, 0.5) is 13.2 Å². The summed E-state index contributed by atoms with van der Waals surface area (Å²) in [7, 11) is -2.32. The second-order valence-electron chi connectivity index (χ2n) is 7.03. The zero-order valence-electron chi connectivity index (χ0n) is 17.6. The van der Waals surface area contributed by atoms with Crippen molar-refractivity contribution in [1.82, 2.24) is 19.5 Å². The van der Waals surface area contributed by atoms with Crippen LogP contribution in [0.3, 0.4) is 0 Å². The van der Waals surface area contributed by atoms with Crippen molar-refractivity contribution in [2.75, 3.05) is 13.4 Å². The molecule has 13 heteroatoms. The zero-order valence-corrected chi connectivity index (χ0v) is 18.4. The van der Waals surface area contributed by atoms with Crippen LogP contribution in [0.5, 0.6) is 11.6 Å². The zero-order chi connectivity index (χ0) is 24.7. The Morgan fingerprint density at radius 2 is 1.71 bits per heavy atom. The molecule has 0 spiro atoms. The Labute approximate surface area is 190 Å². The van der Waals surface area contributed by atoms with Crippen LogP contribution in [-0.4, -0.2) is 47.7 Å². The Morgan fingerprint density at radius 1 is 1.00 bits per heavy atom. The highest BCUT2D eigenvalue weighted by atomic mass is 32.2. The van der Waals surface area contributed by atoms with Gasteiger partial charge in [0, 0.05) is 29.5 Å². The summed E-state index contributed by atoms with van der Waals surface area (Å²) in [5.41, 5.74) is 0.0872. The molecule has 0 fully saturated rings. The number of ether oxygens (including phenoxy) is 2. The van der Waals surface area contributed by atoms with E-state index in [1.807, 2.05) is 0 Å². The lowest BCUT2D eigenvalue weighted by molar-refractivity contribution is -0.276. The highest BCUT2D eigenvalue weighted by molar-refractivity contribution is 7.90. The van der Waals surface area contributed by atoms with Gasteiger partial charge in [0.25, 0.3) is 5.56 Å². The minimum absolute atomic E-state index is 0.0398. The largest absolute Gasteiger partial charge is 0.574 e. The number of halogens is 3. The molecule has 3 aromatic heterocycles. The molecular formula is C21H15F3N4O5S. The van der Waals surface area contributed by atoms with Crippen LogP contribution in [0.15, 0.2) is 64.8 Å². The number of benzene rings is 1. The number of hydrogen-bond donors (Lipinski definition) is 0. The number of alkyl halides is 3. The van der Waals surface area contributed by atoms with E-state index in [-0.39, 0.29) is 16.9 Å². The average molecular weight is 492 g/mol. The number of methoxy groups -OCH3 is 1. The van der Waals surface area contributed by atoms with Gasteiger partial charge in [-0.15, -0.1) is 13.2 Å². The average Bonchev–Trinajstić information content (AvgIpc) is 2.77. The minimum atomic E-state index is -4.94. The fourth-order valence-corrected chi connectivity index (χ4v) is 3.66. The maximum Gasteiger partial charge on any atom is 0.574 e. The van der Waals surface area contributed by atoms with Crippen molar-refractivity contribution in [3.8, 4) is 28.4 Å². The van der Waals surface area contributed by atoms with E-state index in [0.29, 0.717) is 16.7 Å². The Hall–Kier alpha value is -4.00. The highest BCUT2D eigenvalue weighted by Crippen LogP contribution is 2.26. The quantitative estimate of drug-likeness (QED) is 0.391. The van der Waals surface area contributed by atoms with E-state index >= 15 is 0 Å². The van der Waals surface area contributed by atoms with E-state index in [1.165, 1.54) is 25.4 Å². The lowest BCUT2D eigenvalue weighted by Gasteiger charge is -2.14. The molecule has 1 aromatic carbocycles. The molecule has 4 aromatic rings. The number of hydrogen-bond acceptors (Lipinski definition) is 8. The van der Waals surface area contributed by atoms with Gasteiger partial charge in [0.05, 0.1) is 19.0 Å². The number of pyridine rings is 2. The monoisotopic (exact) mass is 492 g/mol. The van der Waals surface area contributed by atoms with Gasteiger partial charge in [0.2, 0.25) is 20.9 Å². The minimum Gasteiger partial charge on any atom is -0.497 e. The second kappa shape index (κ2) is 8.41. The maximum absolute atomic E-state index is 13.5. The van der Waals surface area contributed by atoms with Gasteiger partial charge in [0.15, 0.2) is 5.65 Å². The summed E-state index contributed by atoms with van der Waals surface area (Å²) in [4.78, 5) is 25.0. The van der Waals surface area contributed by atoms with Gasteiger partial charge in [-0.3, -0.25) is 9.36 Å². The third kappa shape index (κ3) is 4.69. The van der Waals surface area contributed by atoms with Gasteiger partial charge < -0.3 is 9.47 Å². The fraction of sp³-hybridized carbons (Fsp3) is 0.143. The summed E-state index contributed by atoms with van der Waals surface area (Å²) < 4.78 is 71.4. The predicted octanol–water partition coefficient (Wildman–Crippen LogP) is 3.15. The maximum atomic E-state index is 13.5. The van der Waals surface area contributed by atoms with Crippen molar-refractivity contribution >= 4 is 20.9 Å². The van der Waals surface area contributed by atoms with E-state index in [9.17, 15) is 26.4 Å². The topological polar surface area (TPSA) is 113 Å². The van der Waals surface area contributed by atoms with E-state index in [0.717, 1.165) is 23.1 Å². The van der Waals surface area contributed by atoms with Gasteiger partial charge in [-0.1, -0.05) is 12.1 Å². The van der Waals surface area contributed by atoms with Crippen LogP contribution in [0, 0.1) is 0 Å². The third-order valence-corrected chi connectivity index (χ3v) is 5.51. The SMILES string of the molecule is COc1ccc(-c2cc3cnc(S(C)(=O)=O)nc3n(-c3ccc(OC(F)(F)F)nc3)c2=O)cc1. The molecule has 34 heavy (non-hydrogen) atoms. The second-order valence-corrected chi connectivity index (χ2v) is 8.94. The van der Waals surface area contributed by atoms with Crippen LogP contribution in [0.1, 0.15) is 0 Å². The Morgan fingerprint density at radius 3 is 2.26 bits per heavy atom. The summed E-state index contributed by atoms with van der Waals surface area (Å²) in [6, 6.07) is 10.2. The van der Waals surface area contributed by atoms with Gasteiger partial charge in [-0.05, 0) is 29.8 Å². The predicted molar refractivity (Wildman–Crippen MR) is 115 cm³/mol. The van der Waals surface area contributed by atoms with Crippen molar-refractivity contribution < 1.29 is 31.1 Å². The first-order valence-electron chi connectivity index (χ1n) is 9.46. The molecule has 9 nitrogen and oxygen atoms in total. The summed E-state index contributed by atoms with van der Waals surface area (Å²) in [6.45, 7) is 0. The van der Waals surface area contributed by atoms with Crippen molar-refractivity contribution in [3.63, 3.8) is 0 Å². The molecule has 0 aliphatic carbocycles. The molecule has 0 saturated heterocycles. The molecule has 0 unspecified atom stereocenters. The van der Waals surface area contributed by atoms with Gasteiger partial charge >= 0.3 is 6.36 Å². The van der Waals surface area contributed by atoms with Crippen LogP contribution in [0.2, 0.25) is 0 Å². The first kappa shape index (κ1) is 23.2. The summed E-state index contributed by atoms with van der Waals surface area (Å²) >= 11 is 0. The molecule has 0 saturated carbocycles. The van der Waals surface area contributed by atoms with Gasteiger partial charge in [-0.25, -0.2) is 18.4 Å². The molecular weight excluding hydrogens is 477 g/mol. The van der Waals surface area contributed by atoms with E-state index in [4.69, 9.17) is 4.74 Å². The van der Waals surface area contributed by atoms with Crippen molar-refractivity contribution in [1.29, 1.82) is 0 Å². The molecule has 176 valence electrons. The first-order valence-corrected chi connectivity index (χ1v) is 11.3. The summed E-state index contributed by atoms with van der Waals surface area (Å²) in [6.07, 6.45) is -1.80. The Balaban J connectivity index is 1.97. The highest BCUT2D eigenvalue weighted by Gasteiger charge is 2.31.